The highest BCUT2D eigenvalue weighted by Gasteiger charge is 2.56. The van der Waals surface area contributed by atoms with Crippen molar-refractivity contribution in [2.24, 2.45) is 17.3 Å². The first-order valence-corrected chi connectivity index (χ1v) is 10.1. The second-order valence-electron chi connectivity index (χ2n) is 8.93. The van der Waals surface area contributed by atoms with Gasteiger partial charge in [-0.1, -0.05) is 18.2 Å². The van der Waals surface area contributed by atoms with E-state index in [9.17, 15) is 19.6 Å². The van der Waals surface area contributed by atoms with Gasteiger partial charge in [0.1, 0.15) is 5.58 Å². The summed E-state index contributed by atoms with van der Waals surface area (Å²) in [6, 6.07) is 7.53. The molecule has 4 rings (SSSR count). The maximum atomic E-state index is 12.7. The smallest absolute Gasteiger partial charge is 0.464 e. The number of amides is 2. The van der Waals surface area contributed by atoms with E-state index in [0.29, 0.717) is 0 Å². The average Bonchev–Trinajstić information content (AvgIpc) is 3.01. The molecule has 29 heavy (non-hydrogen) atoms. The van der Waals surface area contributed by atoms with Crippen LogP contribution in [-0.4, -0.2) is 53.9 Å². The molecule has 8 heteroatoms. The van der Waals surface area contributed by atoms with Crippen LogP contribution in [0.15, 0.2) is 34.9 Å². The summed E-state index contributed by atoms with van der Waals surface area (Å²) >= 11 is 0. The van der Waals surface area contributed by atoms with Crippen molar-refractivity contribution in [1.29, 1.82) is 0 Å². The van der Waals surface area contributed by atoms with Crippen molar-refractivity contribution in [2.45, 2.75) is 38.0 Å². The molecular weight excluding hydrogens is 371 g/mol. The van der Waals surface area contributed by atoms with Crippen molar-refractivity contribution in [2.75, 3.05) is 14.1 Å². The van der Waals surface area contributed by atoms with Gasteiger partial charge in [0.2, 0.25) is 11.8 Å². The van der Waals surface area contributed by atoms with Crippen LogP contribution >= 0.6 is 0 Å². The lowest BCUT2D eigenvalue weighted by molar-refractivity contribution is -0.154. The van der Waals surface area contributed by atoms with Gasteiger partial charge in [0.25, 0.3) is 0 Å². The Morgan fingerprint density at radius 3 is 2.52 bits per heavy atom. The van der Waals surface area contributed by atoms with E-state index in [1.165, 1.54) is 0 Å². The van der Waals surface area contributed by atoms with Crippen LogP contribution in [0, 0.1) is 17.3 Å². The van der Waals surface area contributed by atoms with E-state index in [2.05, 4.69) is 5.32 Å². The van der Waals surface area contributed by atoms with Gasteiger partial charge in [-0.05, 0) is 49.1 Å². The predicted molar refractivity (Wildman–Crippen MR) is 109 cm³/mol. The monoisotopic (exact) mass is 398 g/mol. The normalized spacial score (nSPS) is 26.5. The van der Waals surface area contributed by atoms with Crippen molar-refractivity contribution in [3.8, 4) is 0 Å². The SMILES string of the molecule is CN(C)C(=O)C1CC2(CC(C(=O)N[C@@H](Cc3coc4ccccc34)B(O)O)C2)C1. The zero-order chi connectivity index (χ0) is 20.8. The van der Waals surface area contributed by atoms with Crippen molar-refractivity contribution in [1.82, 2.24) is 10.2 Å². The van der Waals surface area contributed by atoms with E-state index in [4.69, 9.17) is 4.42 Å². The Hall–Kier alpha value is -2.32. The molecule has 0 radical (unpaired) electrons. The molecule has 2 aromatic rings. The molecule has 2 amide bonds. The number of benzene rings is 1. The minimum atomic E-state index is -1.66. The third-order valence-electron chi connectivity index (χ3n) is 6.57. The zero-order valence-corrected chi connectivity index (χ0v) is 16.8. The Morgan fingerprint density at radius 1 is 1.21 bits per heavy atom. The second-order valence-corrected chi connectivity index (χ2v) is 8.93. The van der Waals surface area contributed by atoms with E-state index in [0.717, 1.165) is 42.2 Å². The molecule has 2 aliphatic rings. The zero-order valence-electron chi connectivity index (χ0n) is 16.8. The summed E-state index contributed by atoms with van der Waals surface area (Å²) in [6.07, 6.45) is 5.10. The van der Waals surface area contributed by atoms with Crippen LogP contribution in [0.3, 0.4) is 0 Å². The summed E-state index contributed by atoms with van der Waals surface area (Å²) in [5.74, 6) is -0.837. The average molecular weight is 398 g/mol. The summed E-state index contributed by atoms with van der Waals surface area (Å²) in [5, 5.41) is 23.3. The van der Waals surface area contributed by atoms with Gasteiger partial charge >= 0.3 is 7.12 Å². The standard InChI is InChI=1S/C21H27BN2O5/c1-24(2)20(26)15-10-21(11-15)8-14(9-21)19(25)23-18(22(27)28)7-13-12-29-17-6-4-3-5-16(13)17/h3-6,12,14-15,18,27-28H,7-11H2,1-2H3,(H,23,25)/t14?,15?,18-,21?/m0/s1. The number of carbonyl (C=O) groups is 2. The number of hydrogen-bond donors (Lipinski definition) is 3. The summed E-state index contributed by atoms with van der Waals surface area (Å²) in [6.45, 7) is 0. The van der Waals surface area contributed by atoms with Crippen molar-refractivity contribution < 1.29 is 24.1 Å². The van der Waals surface area contributed by atoms with Crippen LogP contribution in [0.4, 0.5) is 0 Å². The van der Waals surface area contributed by atoms with Gasteiger partial charge in [-0.25, -0.2) is 0 Å². The molecule has 2 aliphatic carbocycles. The Bertz CT molecular complexity index is 911. The van der Waals surface area contributed by atoms with Crippen molar-refractivity contribution in [3.63, 3.8) is 0 Å². The molecule has 2 saturated carbocycles. The Kier molecular flexibility index (Phi) is 5.17. The molecule has 2 fully saturated rings. The summed E-state index contributed by atoms with van der Waals surface area (Å²) < 4.78 is 5.50. The molecule has 154 valence electrons. The molecule has 1 heterocycles. The molecule has 0 aliphatic heterocycles. The van der Waals surface area contributed by atoms with Crippen LogP contribution in [0.25, 0.3) is 11.0 Å². The molecule has 3 N–H and O–H groups in total. The second kappa shape index (κ2) is 7.50. The van der Waals surface area contributed by atoms with Crippen molar-refractivity contribution >= 4 is 29.9 Å². The van der Waals surface area contributed by atoms with E-state index < -0.39 is 13.1 Å². The maximum Gasteiger partial charge on any atom is 0.475 e. The highest BCUT2D eigenvalue weighted by atomic mass is 16.4. The number of nitrogens with one attached hydrogen (secondary N) is 1. The number of carbonyl (C=O) groups excluding carboxylic acids is 2. The number of furan rings is 1. The molecule has 0 bridgehead atoms. The van der Waals surface area contributed by atoms with E-state index in [1.807, 2.05) is 24.3 Å². The summed E-state index contributed by atoms with van der Waals surface area (Å²) in [7, 11) is 1.88. The molecule has 1 aromatic carbocycles. The van der Waals surface area contributed by atoms with Gasteiger partial charge in [-0.15, -0.1) is 0 Å². The molecule has 0 unspecified atom stereocenters. The van der Waals surface area contributed by atoms with Crippen LogP contribution in [0.1, 0.15) is 31.2 Å². The van der Waals surface area contributed by atoms with Gasteiger partial charge < -0.3 is 24.7 Å². The van der Waals surface area contributed by atoms with E-state index >= 15 is 0 Å². The maximum absolute atomic E-state index is 12.7. The number of hydrogen-bond acceptors (Lipinski definition) is 5. The van der Waals surface area contributed by atoms with Gasteiger partial charge in [0, 0.05) is 31.3 Å². The lowest BCUT2D eigenvalue weighted by Crippen LogP contribution is -2.57. The Balaban J connectivity index is 1.32. The molecule has 7 nitrogen and oxygen atoms in total. The molecule has 1 atom stereocenters. The fourth-order valence-corrected chi connectivity index (χ4v) is 4.99. The van der Waals surface area contributed by atoms with Gasteiger partial charge in [0.15, 0.2) is 0 Å². The number of para-hydroxylation sites is 1. The minimum absolute atomic E-state index is 0.0791. The van der Waals surface area contributed by atoms with E-state index in [-0.39, 0.29) is 35.5 Å². The quantitative estimate of drug-likeness (QED) is 0.638. The fraction of sp³-hybridized carbons (Fsp3) is 0.524. The number of fused-ring (bicyclic) bond motifs is 1. The third kappa shape index (κ3) is 3.79. The fourth-order valence-electron chi connectivity index (χ4n) is 4.99. The van der Waals surface area contributed by atoms with Gasteiger partial charge in [0.05, 0.1) is 12.2 Å². The predicted octanol–water partition coefficient (Wildman–Crippen LogP) is 1.37. The lowest BCUT2D eigenvalue weighted by Gasteiger charge is -2.57. The number of nitrogens with zero attached hydrogens (tertiary/aromatic N) is 1. The molecular formula is C21H27BN2O5. The first-order valence-electron chi connectivity index (χ1n) is 10.1. The lowest BCUT2D eigenvalue weighted by atomic mass is 9.48. The highest BCUT2D eigenvalue weighted by Crippen LogP contribution is 2.61. The van der Waals surface area contributed by atoms with Crippen LogP contribution in [0.5, 0.6) is 0 Å². The Labute approximate surface area is 170 Å². The van der Waals surface area contributed by atoms with Crippen LogP contribution < -0.4 is 5.32 Å². The van der Waals surface area contributed by atoms with Gasteiger partial charge in [-0.2, -0.15) is 0 Å². The first-order chi connectivity index (χ1) is 13.8. The number of rotatable bonds is 6. The molecule has 1 spiro atoms. The summed E-state index contributed by atoms with van der Waals surface area (Å²) in [4.78, 5) is 26.3. The highest BCUT2D eigenvalue weighted by molar-refractivity contribution is 6.43. The topological polar surface area (TPSA) is 103 Å². The van der Waals surface area contributed by atoms with Crippen LogP contribution in [-0.2, 0) is 16.0 Å². The molecule has 1 aromatic heterocycles. The Morgan fingerprint density at radius 2 is 1.86 bits per heavy atom. The minimum Gasteiger partial charge on any atom is -0.464 e. The molecule has 0 saturated heterocycles. The first kappa shape index (κ1) is 20.0. The third-order valence-corrected chi connectivity index (χ3v) is 6.57. The van der Waals surface area contributed by atoms with Crippen molar-refractivity contribution in [3.05, 3.63) is 36.1 Å². The van der Waals surface area contributed by atoms with Gasteiger partial charge in [-0.3, -0.25) is 9.59 Å². The largest absolute Gasteiger partial charge is 0.475 e. The van der Waals surface area contributed by atoms with E-state index in [1.54, 1.807) is 25.3 Å². The summed E-state index contributed by atoms with van der Waals surface area (Å²) in [5.41, 5.74) is 1.67. The van der Waals surface area contributed by atoms with Crippen LogP contribution in [0.2, 0.25) is 0 Å².